The number of nitrogens with zero attached hydrogens (tertiary/aromatic N) is 1. The summed E-state index contributed by atoms with van der Waals surface area (Å²) in [7, 11) is 0. The Morgan fingerprint density at radius 2 is 1.54 bits per heavy atom. The number of carboxylic acid groups (broad SMARTS) is 1. The Bertz CT molecular complexity index is 674. The number of carboxylic acids is 1. The number of benzene rings is 2. The molecule has 1 aliphatic rings. The average Bonchev–Trinajstić information content (AvgIpc) is 3.01. The van der Waals surface area contributed by atoms with Gasteiger partial charge in [0.2, 0.25) is 0 Å². The Balaban J connectivity index is 1.84. The van der Waals surface area contributed by atoms with Crippen LogP contribution < -0.4 is 0 Å². The van der Waals surface area contributed by atoms with Gasteiger partial charge in [-0.15, -0.1) is 0 Å². The van der Waals surface area contributed by atoms with Crippen LogP contribution in [0, 0.1) is 11.3 Å². The summed E-state index contributed by atoms with van der Waals surface area (Å²) in [4.78, 5) is 14.5. The monoisotopic (exact) mass is 351 g/mol. The molecule has 0 aromatic heterocycles. The molecule has 1 saturated carbocycles. The summed E-state index contributed by atoms with van der Waals surface area (Å²) in [6.07, 6.45) is 2.38. The summed E-state index contributed by atoms with van der Waals surface area (Å²) < 4.78 is 0. The minimum Gasteiger partial charge on any atom is -0.481 e. The van der Waals surface area contributed by atoms with Crippen LogP contribution in [-0.4, -0.2) is 22.0 Å². The number of carbonyl (C=O) groups is 1. The molecular weight excluding hydrogens is 322 g/mol. The van der Waals surface area contributed by atoms with E-state index in [1.165, 1.54) is 11.1 Å². The smallest absolute Gasteiger partial charge is 0.309 e. The van der Waals surface area contributed by atoms with Crippen molar-refractivity contribution in [1.82, 2.24) is 4.90 Å². The zero-order valence-corrected chi connectivity index (χ0v) is 15.8. The summed E-state index contributed by atoms with van der Waals surface area (Å²) >= 11 is 0. The van der Waals surface area contributed by atoms with Gasteiger partial charge in [-0.2, -0.15) is 0 Å². The average molecular weight is 351 g/mol. The van der Waals surface area contributed by atoms with E-state index in [4.69, 9.17) is 0 Å². The minimum atomic E-state index is -0.630. The van der Waals surface area contributed by atoms with Crippen molar-refractivity contribution in [3.05, 3.63) is 71.8 Å². The number of rotatable bonds is 7. The van der Waals surface area contributed by atoms with Crippen molar-refractivity contribution in [3.8, 4) is 0 Å². The van der Waals surface area contributed by atoms with Gasteiger partial charge in [-0.1, -0.05) is 74.5 Å². The van der Waals surface area contributed by atoms with E-state index in [0.29, 0.717) is 12.5 Å². The van der Waals surface area contributed by atoms with Gasteiger partial charge in [0.1, 0.15) is 0 Å². The minimum absolute atomic E-state index is 0.198. The van der Waals surface area contributed by atoms with E-state index in [0.717, 1.165) is 25.9 Å². The highest BCUT2D eigenvalue weighted by molar-refractivity contribution is 5.75. The normalized spacial score (nSPS) is 25.5. The topological polar surface area (TPSA) is 40.5 Å². The van der Waals surface area contributed by atoms with Gasteiger partial charge in [-0.25, -0.2) is 0 Å². The van der Waals surface area contributed by atoms with Crippen LogP contribution in [0.2, 0.25) is 0 Å². The molecule has 3 heteroatoms. The predicted octanol–water partition coefficient (Wildman–Crippen LogP) is 4.97. The largest absolute Gasteiger partial charge is 0.481 e. The molecule has 0 saturated heterocycles. The Labute approximate surface area is 156 Å². The van der Waals surface area contributed by atoms with Crippen molar-refractivity contribution >= 4 is 5.97 Å². The number of aliphatic carboxylic acids is 1. The van der Waals surface area contributed by atoms with Gasteiger partial charge in [-0.3, -0.25) is 9.69 Å². The lowest BCUT2D eigenvalue weighted by atomic mass is 9.76. The van der Waals surface area contributed by atoms with E-state index in [9.17, 15) is 9.90 Å². The van der Waals surface area contributed by atoms with Crippen molar-refractivity contribution in [2.45, 2.75) is 52.2 Å². The number of hydrogen-bond donors (Lipinski definition) is 1. The Kier molecular flexibility index (Phi) is 5.77. The quantitative estimate of drug-likeness (QED) is 0.766. The first-order valence-corrected chi connectivity index (χ1v) is 9.60. The zero-order chi connectivity index (χ0) is 18.6. The molecule has 1 N–H and O–H groups in total. The van der Waals surface area contributed by atoms with E-state index in [2.05, 4.69) is 60.4 Å². The van der Waals surface area contributed by atoms with Gasteiger partial charge in [-0.05, 0) is 36.3 Å². The first-order chi connectivity index (χ1) is 12.5. The van der Waals surface area contributed by atoms with E-state index >= 15 is 0 Å². The maximum atomic E-state index is 12.0. The van der Waals surface area contributed by atoms with Crippen molar-refractivity contribution < 1.29 is 9.90 Å². The summed E-state index contributed by atoms with van der Waals surface area (Å²) in [6.45, 7) is 5.84. The van der Waals surface area contributed by atoms with Crippen LogP contribution in [0.25, 0.3) is 0 Å². The van der Waals surface area contributed by atoms with Crippen molar-refractivity contribution in [3.63, 3.8) is 0 Å². The summed E-state index contributed by atoms with van der Waals surface area (Å²) in [5, 5.41) is 9.89. The predicted molar refractivity (Wildman–Crippen MR) is 105 cm³/mol. The first-order valence-electron chi connectivity index (χ1n) is 9.60. The molecule has 2 aromatic carbocycles. The fourth-order valence-electron chi connectivity index (χ4n) is 4.51. The summed E-state index contributed by atoms with van der Waals surface area (Å²) in [6, 6.07) is 21.3. The highest BCUT2D eigenvalue weighted by Crippen LogP contribution is 2.48. The Morgan fingerprint density at radius 1 is 1.04 bits per heavy atom. The molecule has 2 aromatic rings. The second kappa shape index (κ2) is 8.05. The van der Waals surface area contributed by atoms with E-state index in [-0.39, 0.29) is 5.92 Å². The summed E-state index contributed by atoms with van der Waals surface area (Å²) in [5.41, 5.74) is 1.97. The maximum absolute atomic E-state index is 12.0. The van der Waals surface area contributed by atoms with E-state index in [1.807, 2.05) is 19.1 Å². The highest BCUT2D eigenvalue weighted by atomic mass is 16.4. The van der Waals surface area contributed by atoms with Gasteiger partial charge < -0.3 is 5.11 Å². The third-order valence-corrected chi connectivity index (χ3v) is 6.20. The molecule has 138 valence electrons. The highest BCUT2D eigenvalue weighted by Gasteiger charge is 2.50. The van der Waals surface area contributed by atoms with E-state index in [1.54, 1.807) is 0 Å². The standard InChI is InChI=1S/C23H29NO2/c1-3-23(22(25)26)15-21(14-18(23)2)24(16-19-10-6-4-7-11-19)17-20-12-8-5-9-13-20/h4-13,18,21H,3,14-17H2,1-2H3,(H,25,26). The first kappa shape index (κ1) is 18.7. The molecule has 0 spiro atoms. The van der Waals surface area contributed by atoms with Crippen LogP contribution in [0.4, 0.5) is 0 Å². The van der Waals surface area contributed by atoms with Gasteiger partial charge in [0.25, 0.3) is 0 Å². The SMILES string of the molecule is CCC1(C(=O)O)CC(N(Cc2ccccc2)Cc2ccccc2)CC1C. The number of hydrogen-bond acceptors (Lipinski definition) is 2. The van der Waals surface area contributed by atoms with Crippen LogP contribution in [0.15, 0.2) is 60.7 Å². The van der Waals surface area contributed by atoms with Gasteiger partial charge in [0.05, 0.1) is 5.41 Å². The maximum Gasteiger partial charge on any atom is 0.309 e. The van der Waals surface area contributed by atoms with Crippen molar-refractivity contribution in [2.24, 2.45) is 11.3 Å². The van der Waals surface area contributed by atoms with E-state index < -0.39 is 11.4 Å². The lowest BCUT2D eigenvalue weighted by Gasteiger charge is -2.31. The molecule has 3 nitrogen and oxygen atoms in total. The molecule has 1 aliphatic carbocycles. The second-order valence-electron chi connectivity index (χ2n) is 7.69. The molecule has 3 atom stereocenters. The van der Waals surface area contributed by atoms with Crippen LogP contribution in [-0.2, 0) is 17.9 Å². The molecule has 0 amide bonds. The van der Waals surface area contributed by atoms with Crippen LogP contribution in [0.3, 0.4) is 0 Å². The fraction of sp³-hybridized carbons (Fsp3) is 0.435. The zero-order valence-electron chi connectivity index (χ0n) is 15.8. The summed E-state index contributed by atoms with van der Waals surface area (Å²) in [5.74, 6) is -0.432. The van der Waals surface area contributed by atoms with Gasteiger partial charge in [0, 0.05) is 19.1 Å². The fourth-order valence-corrected chi connectivity index (χ4v) is 4.51. The molecule has 0 aliphatic heterocycles. The second-order valence-corrected chi connectivity index (χ2v) is 7.69. The lowest BCUT2D eigenvalue weighted by Crippen LogP contribution is -2.36. The third-order valence-electron chi connectivity index (χ3n) is 6.20. The molecule has 0 bridgehead atoms. The van der Waals surface area contributed by atoms with Crippen LogP contribution in [0.5, 0.6) is 0 Å². The molecule has 1 fully saturated rings. The molecule has 0 radical (unpaired) electrons. The molecule has 3 unspecified atom stereocenters. The lowest BCUT2D eigenvalue weighted by molar-refractivity contribution is -0.151. The molecule has 26 heavy (non-hydrogen) atoms. The van der Waals surface area contributed by atoms with Crippen molar-refractivity contribution in [1.29, 1.82) is 0 Å². The Hall–Kier alpha value is -2.13. The van der Waals surface area contributed by atoms with Crippen LogP contribution in [0.1, 0.15) is 44.2 Å². The van der Waals surface area contributed by atoms with Crippen LogP contribution >= 0.6 is 0 Å². The third kappa shape index (κ3) is 3.83. The molecule has 3 rings (SSSR count). The van der Waals surface area contributed by atoms with Gasteiger partial charge in [0.15, 0.2) is 0 Å². The van der Waals surface area contributed by atoms with Gasteiger partial charge >= 0.3 is 5.97 Å². The van der Waals surface area contributed by atoms with Crippen molar-refractivity contribution in [2.75, 3.05) is 0 Å². The molecule has 0 heterocycles. The Morgan fingerprint density at radius 3 is 1.92 bits per heavy atom. The molecular formula is C23H29NO2.